The van der Waals surface area contributed by atoms with Crippen LogP contribution in [0.1, 0.15) is 32.6 Å². The van der Waals surface area contributed by atoms with Gasteiger partial charge in [0.25, 0.3) is 0 Å². The molecule has 0 aliphatic heterocycles. The second-order valence-electron chi connectivity index (χ2n) is 3.25. The van der Waals surface area contributed by atoms with E-state index in [0.717, 1.165) is 19.3 Å². The molecule has 1 fully saturated rings. The molecule has 1 rings (SSSR count). The molecule has 0 radical (unpaired) electrons. The Morgan fingerprint density at radius 3 is 2.83 bits per heavy atom. The number of carbonyl (C=O) groups excluding carboxylic acids is 1. The molecule has 12 heavy (non-hydrogen) atoms. The Morgan fingerprint density at radius 2 is 2.42 bits per heavy atom. The zero-order chi connectivity index (χ0) is 8.97. The number of nitrogens with one attached hydrogen (secondary N) is 1. The van der Waals surface area contributed by atoms with Crippen molar-refractivity contribution in [3.05, 3.63) is 0 Å². The number of rotatable bonds is 4. The number of amides is 1. The van der Waals surface area contributed by atoms with Crippen molar-refractivity contribution in [3.63, 3.8) is 0 Å². The molecule has 0 saturated heterocycles. The van der Waals surface area contributed by atoms with Gasteiger partial charge in [-0.3, -0.25) is 4.79 Å². The third-order valence-electron chi connectivity index (χ3n) is 1.97. The fourth-order valence-corrected chi connectivity index (χ4v) is 1.07. The van der Waals surface area contributed by atoms with Gasteiger partial charge in [-0.15, -0.1) is 0 Å². The molecule has 0 aromatic carbocycles. The SMILES string of the molecule is CCCC(C#N)C(=O)NC1CC1. The van der Waals surface area contributed by atoms with Gasteiger partial charge in [-0.25, -0.2) is 0 Å². The molecule has 0 bridgehead atoms. The second-order valence-corrected chi connectivity index (χ2v) is 3.25. The molecular formula is C9H14N2O. The largest absolute Gasteiger partial charge is 0.352 e. The van der Waals surface area contributed by atoms with Gasteiger partial charge in [0.15, 0.2) is 0 Å². The van der Waals surface area contributed by atoms with Crippen LogP contribution in [0.3, 0.4) is 0 Å². The van der Waals surface area contributed by atoms with Gasteiger partial charge in [0.1, 0.15) is 5.92 Å². The lowest BCUT2D eigenvalue weighted by molar-refractivity contribution is -0.123. The Morgan fingerprint density at radius 1 is 1.75 bits per heavy atom. The third kappa shape index (κ3) is 2.54. The molecule has 3 nitrogen and oxygen atoms in total. The Bertz CT molecular complexity index is 203. The highest BCUT2D eigenvalue weighted by atomic mass is 16.1. The molecule has 1 saturated carbocycles. The lowest BCUT2D eigenvalue weighted by Crippen LogP contribution is -2.31. The summed E-state index contributed by atoms with van der Waals surface area (Å²) in [6, 6.07) is 2.39. The van der Waals surface area contributed by atoms with E-state index in [-0.39, 0.29) is 5.91 Å². The highest BCUT2D eigenvalue weighted by Gasteiger charge is 2.26. The van der Waals surface area contributed by atoms with Crippen LogP contribution in [-0.2, 0) is 4.79 Å². The van der Waals surface area contributed by atoms with E-state index >= 15 is 0 Å². The summed E-state index contributed by atoms with van der Waals surface area (Å²) in [4.78, 5) is 11.3. The van der Waals surface area contributed by atoms with E-state index in [2.05, 4.69) is 5.32 Å². The number of nitriles is 1. The molecule has 1 amide bonds. The topological polar surface area (TPSA) is 52.9 Å². The van der Waals surface area contributed by atoms with Crippen molar-refractivity contribution < 1.29 is 4.79 Å². The minimum Gasteiger partial charge on any atom is -0.352 e. The van der Waals surface area contributed by atoms with E-state index in [9.17, 15) is 4.79 Å². The van der Waals surface area contributed by atoms with Crippen molar-refractivity contribution in [3.8, 4) is 6.07 Å². The fraction of sp³-hybridized carbons (Fsp3) is 0.778. The zero-order valence-electron chi connectivity index (χ0n) is 7.34. The molecule has 1 atom stereocenters. The number of carbonyl (C=O) groups is 1. The molecule has 0 heterocycles. The first kappa shape index (κ1) is 9.05. The predicted molar refractivity (Wildman–Crippen MR) is 45.2 cm³/mol. The van der Waals surface area contributed by atoms with E-state index in [1.54, 1.807) is 0 Å². The average Bonchev–Trinajstić information content (AvgIpc) is 2.83. The summed E-state index contributed by atoms with van der Waals surface area (Å²) in [6.07, 6.45) is 3.72. The van der Waals surface area contributed by atoms with E-state index in [1.165, 1.54) is 0 Å². The highest BCUT2D eigenvalue weighted by Crippen LogP contribution is 2.19. The van der Waals surface area contributed by atoms with Crippen LogP contribution in [0.5, 0.6) is 0 Å². The van der Waals surface area contributed by atoms with Crippen LogP contribution >= 0.6 is 0 Å². The van der Waals surface area contributed by atoms with E-state index in [0.29, 0.717) is 12.5 Å². The van der Waals surface area contributed by atoms with Crippen molar-refractivity contribution in [2.45, 2.75) is 38.6 Å². The number of nitrogens with zero attached hydrogens (tertiary/aromatic N) is 1. The molecule has 66 valence electrons. The minimum atomic E-state index is -0.435. The maximum Gasteiger partial charge on any atom is 0.237 e. The normalized spacial score (nSPS) is 18.0. The van der Waals surface area contributed by atoms with Crippen LogP contribution in [-0.4, -0.2) is 11.9 Å². The molecule has 1 N–H and O–H groups in total. The Labute approximate surface area is 72.8 Å². The van der Waals surface area contributed by atoms with Crippen LogP contribution in [0.25, 0.3) is 0 Å². The van der Waals surface area contributed by atoms with Gasteiger partial charge in [0, 0.05) is 6.04 Å². The Kier molecular flexibility index (Phi) is 3.09. The smallest absolute Gasteiger partial charge is 0.237 e. The third-order valence-corrected chi connectivity index (χ3v) is 1.97. The number of hydrogen-bond donors (Lipinski definition) is 1. The maximum atomic E-state index is 11.3. The quantitative estimate of drug-likeness (QED) is 0.682. The van der Waals surface area contributed by atoms with Gasteiger partial charge in [0.2, 0.25) is 5.91 Å². The van der Waals surface area contributed by atoms with Crippen molar-refractivity contribution >= 4 is 5.91 Å². The van der Waals surface area contributed by atoms with Crippen LogP contribution in [0.4, 0.5) is 0 Å². The van der Waals surface area contributed by atoms with Gasteiger partial charge in [-0.05, 0) is 19.3 Å². The van der Waals surface area contributed by atoms with Gasteiger partial charge >= 0.3 is 0 Å². The fourth-order valence-electron chi connectivity index (χ4n) is 1.07. The molecule has 1 aliphatic carbocycles. The van der Waals surface area contributed by atoms with E-state index < -0.39 is 5.92 Å². The van der Waals surface area contributed by atoms with E-state index in [1.807, 2.05) is 13.0 Å². The lowest BCUT2D eigenvalue weighted by atomic mass is 10.1. The van der Waals surface area contributed by atoms with E-state index in [4.69, 9.17) is 5.26 Å². The molecule has 0 aromatic heterocycles. The predicted octanol–water partition coefficient (Wildman–Crippen LogP) is 1.20. The Hall–Kier alpha value is -1.04. The summed E-state index contributed by atoms with van der Waals surface area (Å²) in [6.45, 7) is 1.98. The zero-order valence-corrected chi connectivity index (χ0v) is 7.34. The molecule has 0 spiro atoms. The highest BCUT2D eigenvalue weighted by molar-refractivity contribution is 5.81. The van der Waals surface area contributed by atoms with Crippen molar-refractivity contribution in [2.75, 3.05) is 0 Å². The standard InChI is InChI=1S/C9H14N2O/c1-2-3-7(6-10)9(12)11-8-4-5-8/h7-8H,2-5H2,1H3,(H,11,12). The minimum absolute atomic E-state index is 0.0816. The summed E-state index contributed by atoms with van der Waals surface area (Å²) >= 11 is 0. The van der Waals surface area contributed by atoms with Gasteiger partial charge in [-0.2, -0.15) is 5.26 Å². The van der Waals surface area contributed by atoms with Crippen molar-refractivity contribution in [1.82, 2.24) is 5.32 Å². The first-order valence-corrected chi connectivity index (χ1v) is 4.48. The molecule has 3 heteroatoms. The van der Waals surface area contributed by atoms with Gasteiger partial charge < -0.3 is 5.32 Å². The molecular weight excluding hydrogens is 152 g/mol. The van der Waals surface area contributed by atoms with Crippen LogP contribution < -0.4 is 5.32 Å². The van der Waals surface area contributed by atoms with Crippen LogP contribution in [0.15, 0.2) is 0 Å². The lowest BCUT2D eigenvalue weighted by Gasteiger charge is -2.07. The maximum absolute atomic E-state index is 11.3. The first-order chi connectivity index (χ1) is 5.77. The van der Waals surface area contributed by atoms with Gasteiger partial charge in [-0.1, -0.05) is 13.3 Å². The van der Waals surface area contributed by atoms with Gasteiger partial charge in [0.05, 0.1) is 6.07 Å². The monoisotopic (exact) mass is 166 g/mol. The summed E-state index contributed by atoms with van der Waals surface area (Å²) in [5.74, 6) is -0.516. The summed E-state index contributed by atoms with van der Waals surface area (Å²) in [5.41, 5.74) is 0. The summed E-state index contributed by atoms with van der Waals surface area (Å²) < 4.78 is 0. The molecule has 1 aliphatic rings. The van der Waals surface area contributed by atoms with Crippen LogP contribution in [0.2, 0.25) is 0 Å². The number of hydrogen-bond acceptors (Lipinski definition) is 2. The molecule has 1 unspecified atom stereocenters. The summed E-state index contributed by atoms with van der Waals surface area (Å²) in [7, 11) is 0. The van der Waals surface area contributed by atoms with Crippen LogP contribution in [0, 0.1) is 17.2 Å². The van der Waals surface area contributed by atoms with Crippen molar-refractivity contribution in [2.24, 2.45) is 5.92 Å². The average molecular weight is 166 g/mol. The second kappa shape index (κ2) is 4.10. The summed E-state index contributed by atoms with van der Waals surface area (Å²) in [5, 5.41) is 11.5. The Balaban J connectivity index is 2.31. The molecule has 0 aromatic rings. The van der Waals surface area contributed by atoms with Crippen molar-refractivity contribution in [1.29, 1.82) is 5.26 Å². The first-order valence-electron chi connectivity index (χ1n) is 4.48.